The summed E-state index contributed by atoms with van der Waals surface area (Å²) in [5.41, 5.74) is 0.889. The highest BCUT2D eigenvalue weighted by molar-refractivity contribution is 7.80. The summed E-state index contributed by atoms with van der Waals surface area (Å²) in [6.45, 7) is 0. The van der Waals surface area contributed by atoms with Crippen LogP contribution in [0.15, 0.2) is 48.0 Å². The number of anilines is 1. The number of hydrogen-bond acceptors (Lipinski definition) is 5. The zero-order chi connectivity index (χ0) is 18.8. The lowest BCUT2D eigenvalue weighted by atomic mass is 10.1. The number of amides is 2. The number of hydrogen-bond donors (Lipinski definition) is 2. The van der Waals surface area contributed by atoms with Gasteiger partial charge in [-0.15, -0.1) is 0 Å². The Morgan fingerprint density at radius 3 is 2.50 bits per heavy atom. The molecular formula is C18H13ClN2O4S. The molecule has 3 rings (SSSR count). The first-order valence-electron chi connectivity index (χ1n) is 7.44. The Labute approximate surface area is 159 Å². The molecule has 0 aromatic heterocycles. The second-order valence-electron chi connectivity index (χ2n) is 5.37. The van der Waals surface area contributed by atoms with Crippen LogP contribution in [0.25, 0.3) is 6.08 Å². The van der Waals surface area contributed by atoms with E-state index in [1.807, 2.05) is 0 Å². The fraction of sp³-hybridized carbons (Fsp3) is 0.0556. The number of carbonyl (C=O) groups is 2. The molecule has 1 aliphatic rings. The summed E-state index contributed by atoms with van der Waals surface area (Å²) < 4.78 is 5.10. The molecule has 0 saturated carbocycles. The summed E-state index contributed by atoms with van der Waals surface area (Å²) in [6, 6.07) is 11.1. The van der Waals surface area contributed by atoms with E-state index < -0.39 is 11.8 Å². The van der Waals surface area contributed by atoms with E-state index in [2.05, 4.69) is 5.32 Å². The number of aromatic hydroxyl groups is 1. The van der Waals surface area contributed by atoms with Gasteiger partial charge in [-0.05, 0) is 60.3 Å². The maximum atomic E-state index is 12.9. The molecule has 0 radical (unpaired) electrons. The normalized spacial score (nSPS) is 16.0. The molecule has 2 aromatic rings. The third-order valence-corrected chi connectivity index (χ3v) is 4.30. The average Bonchev–Trinajstić information content (AvgIpc) is 2.62. The van der Waals surface area contributed by atoms with E-state index in [4.69, 9.17) is 28.6 Å². The van der Waals surface area contributed by atoms with Crippen LogP contribution < -0.4 is 15.0 Å². The summed E-state index contributed by atoms with van der Waals surface area (Å²) in [6.07, 6.45) is 1.39. The lowest BCUT2D eigenvalue weighted by Crippen LogP contribution is -2.54. The highest BCUT2D eigenvalue weighted by Gasteiger charge is 2.34. The van der Waals surface area contributed by atoms with Crippen LogP contribution in [0, 0.1) is 0 Å². The number of nitrogens with one attached hydrogen (secondary N) is 1. The highest BCUT2D eigenvalue weighted by atomic mass is 35.5. The fourth-order valence-electron chi connectivity index (χ4n) is 2.40. The molecule has 1 fully saturated rings. The van der Waals surface area contributed by atoms with Crippen molar-refractivity contribution in [2.75, 3.05) is 12.0 Å². The molecule has 1 aliphatic heterocycles. The second-order valence-corrected chi connectivity index (χ2v) is 6.16. The Bertz CT molecular complexity index is 941. The maximum absolute atomic E-state index is 12.9. The molecule has 0 spiro atoms. The van der Waals surface area contributed by atoms with Crippen molar-refractivity contribution < 1.29 is 19.4 Å². The number of thiocarbonyl (C=S) groups is 1. The van der Waals surface area contributed by atoms with Crippen LogP contribution in [0.1, 0.15) is 5.56 Å². The van der Waals surface area contributed by atoms with Crippen molar-refractivity contribution in [1.82, 2.24) is 5.32 Å². The van der Waals surface area contributed by atoms with Crippen LogP contribution in [0.3, 0.4) is 0 Å². The zero-order valence-electron chi connectivity index (χ0n) is 13.5. The van der Waals surface area contributed by atoms with Gasteiger partial charge in [-0.1, -0.05) is 17.7 Å². The van der Waals surface area contributed by atoms with Crippen LogP contribution in [-0.4, -0.2) is 29.1 Å². The third-order valence-electron chi connectivity index (χ3n) is 3.72. The maximum Gasteiger partial charge on any atom is 0.270 e. The molecule has 0 atom stereocenters. The molecule has 1 heterocycles. The van der Waals surface area contributed by atoms with Gasteiger partial charge in [0.25, 0.3) is 11.8 Å². The number of benzene rings is 2. The summed E-state index contributed by atoms with van der Waals surface area (Å²) in [4.78, 5) is 26.3. The Balaban J connectivity index is 1.99. The summed E-state index contributed by atoms with van der Waals surface area (Å²) >= 11 is 11.0. The van der Waals surface area contributed by atoms with Crippen molar-refractivity contribution >= 4 is 52.5 Å². The van der Waals surface area contributed by atoms with Gasteiger partial charge >= 0.3 is 0 Å². The summed E-state index contributed by atoms with van der Waals surface area (Å²) in [7, 11) is 1.54. The SMILES string of the molecule is COc1ccc(N2C(=O)/C(=C\c3ccc(O)c(Cl)c3)C(=O)NC2=S)cc1. The lowest BCUT2D eigenvalue weighted by molar-refractivity contribution is -0.122. The van der Waals surface area contributed by atoms with E-state index in [9.17, 15) is 14.7 Å². The van der Waals surface area contributed by atoms with Crippen LogP contribution in [-0.2, 0) is 9.59 Å². The number of phenols is 1. The minimum Gasteiger partial charge on any atom is -0.506 e. The smallest absolute Gasteiger partial charge is 0.270 e. The molecule has 0 unspecified atom stereocenters. The Kier molecular flexibility index (Phi) is 4.92. The number of ether oxygens (including phenoxy) is 1. The first-order chi connectivity index (χ1) is 12.4. The lowest BCUT2D eigenvalue weighted by Gasteiger charge is -2.29. The molecule has 2 amide bonds. The fourth-order valence-corrected chi connectivity index (χ4v) is 2.87. The van der Waals surface area contributed by atoms with Crippen LogP contribution in [0.5, 0.6) is 11.5 Å². The van der Waals surface area contributed by atoms with Crippen molar-refractivity contribution in [3.05, 3.63) is 58.6 Å². The Morgan fingerprint density at radius 2 is 1.88 bits per heavy atom. The highest BCUT2D eigenvalue weighted by Crippen LogP contribution is 2.27. The predicted octanol–water partition coefficient (Wildman–Crippen LogP) is 2.89. The molecule has 8 heteroatoms. The first-order valence-corrected chi connectivity index (χ1v) is 8.23. The van der Waals surface area contributed by atoms with Gasteiger partial charge in [-0.2, -0.15) is 0 Å². The molecule has 2 N–H and O–H groups in total. The predicted molar refractivity (Wildman–Crippen MR) is 102 cm³/mol. The average molecular weight is 389 g/mol. The van der Waals surface area contributed by atoms with Gasteiger partial charge in [0.15, 0.2) is 5.11 Å². The zero-order valence-corrected chi connectivity index (χ0v) is 15.1. The number of rotatable bonds is 3. The standard InChI is InChI=1S/C18H13ClN2O4S/c1-25-12-5-3-11(4-6-12)21-17(24)13(16(23)20-18(21)26)8-10-2-7-15(22)14(19)9-10/h2-9,22H,1H3,(H,20,23,26)/b13-8-. The topological polar surface area (TPSA) is 78.9 Å². The quantitative estimate of drug-likeness (QED) is 0.480. The van der Waals surface area contributed by atoms with E-state index in [0.29, 0.717) is 17.0 Å². The molecule has 26 heavy (non-hydrogen) atoms. The van der Waals surface area contributed by atoms with E-state index in [1.54, 1.807) is 30.3 Å². The second kappa shape index (κ2) is 7.15. The molecule has 6 nitrogen and oxygen atoms in total. The molecule has 2 aromatic carbocycles. The number of methoxy groups -OCH3 is 1. The van der Waals surface area contributed by atoms with E-state index in [1.165, 1.54) is 30.2 Å². The van der Waals surface area contributed by atoms with Crippen molar-refractivity contribution in [2.24, 2.45) is 0 Å². The number of carbonyl (C=O) groups excluding carboxylic acids is 2. The van der Waals surface area contributed by atoms with Crippen molar-refractivity contribution in [3.8, 4) is 11.5 Å². The minimum atomic E-state index is -0.603. The minimum absolute atomic E-state index is 0.00828. The van der Waals surface area contributed by atoms with Crippen molar-refractivity contribution in [1.29, 1.82) is 0 Å². The van der Waals surface area contributed by atoms with Gasteiger partial charge in [-0.25, -0.2) is 0 Å². The van der Waals surface area contributed by atoms with E-state index in [-0.39, 0.29) is 21.5 Å². The third kappa shape index (κ3) is 3.40. The van der Waals surface area contributed by atoms with Crippen LogP contribution in [0.2, 0.25) is 5.02 Å². The molecule has 1 saturated heterocycles. The Morgan fingerprint density at radius 1 is 1.19 bits per heavy atom. The summed E-state index contributed by atoms with van der Waals surface area (Å²) in [5.74, 6) is -0.626. The monoisotopic (exact) mass is 388 g/mol. The van der Waals surface area contributed by atoms with Gasteiger partial charge in [-0.3, -0.25) is 19.8 Å². The number of phenolic OH excluding ortho intramolecular Hbond substituents is 1. The Hall–Kier alpha value is -2.90. The first kappa shape index (κ1) is 17.9. The van der Waals surface area contributed by atoms with Gasteiger partial charge < -0.3 is 9.84 Å². The molecule has 0 aliphatic carbocycles. The number of halogens is 1. The van der Waals surface area contributed by atoms with Crippen molar-refractivity contribution in [2.45, 2.75) is 0 Å². The van der Waals surface area contributed by atoms with Gasteiger partial charge in [0, 0.05) is 0 Å². The van der Waals surface area contributed by atoms with Gasteiger partial charge in [0.2, 0.25) is 0 Å². The number of nitrogens with zero attached hydrogens (tertiary/aromatic N) is 1. The van der Waals surface area contributed by atoms with E-state index >= 15 is 0 Å². The summed E-state index contributed by atoms with van der Waals surface area (Å²) in [5, 5.41) is 12.1. The van der Waals surface area contributed by atoms with Gasteiger partial charge in [0.1, 0.15) is 17.1 Å². The van der Waals surface area contributed by atoms with Crippen LogP contribution >= 0.6 is 23.8 Å². The molecular weight excluding hydrogens is 376 g/mol. The van der Waals surface area contributed by atoms with E-state index in [0.717, 1.165) is 0 Å². The van der Waals surface area contributed by atoms with Crippen molar-refractivity contribution in [3.63, 3.8) is 0 Å². The van der Waals surface area contributed by atoms with Gasteiger partial charge in [0.05, 0.1) is 17.8 Å². The largest absolute Gasteiger partial charge is 0.506 e. The van der Waals surface area contributed by atoms with Crippen LogP contribution in [0.4, 0.5) is 5.69 Å². The molecule has 132 valence electrons. The molecule has 0 bridgehead atoms.